The Morgan fingerprint density at radius 3 is 2.70 bits per heavy atom. The SMILES string of the molecule is Cn1nc(CC(O)C2(O)CCCCC2)c2ccccc21. The van der Waals surface area contributed by atoms with Crippen molar-refractivity contribution in [2.24, 2.45) is 7.05 Å². The van der Waals surface area contributed by atoms with Crippen LogP contribution in [0.3, 0.4) is 0 Å². The molecule has 1 aliphatic carbocycles. The Kier molecular flexibility index (Phi) is 3.52. The highest BCUT2D eigenvalue weighted by molar-refractivity contribution is 5.81. The highest BCUT2D eigenvalue weighted by Crippen LogP contribution is 2.33. The number of hydrogen-bond donors (Lipinski definition) is 2. The first kappa shape index (κ1) is 13.6. The van der Waals surface area contributed by atoms with Crippen molar-refractivity contribution in [1.29, 1.82) is 0 Å². The van der Waals surface area contributed by atoms with Crippen LogP contribution in [0.15, 0.2) is 24.3 Å². The summed E-state index contributed by atoms with van der Waals surface area (Å²) in [5.41, 5.74) is 0.997. The first-order valence-corrected chi connectivity index (χ1v) is 7.41. The topological polar surface area (TPSA) is 58.3 Å². The van der Waals surface area contributed by atoms with Crippen molar-refractivity contribution in [3.63, 3.8) is 0 Å². The Bertz CT molecular complexity index is 600. The van der Waals surface area contributed by atoms with Crippen LogP contribution in [-0.2, 0) is 13.5 Å². The van der Waals surface area contributed by atoms with E-state index in [0.29, 0.717) is 19.3 Å². The summed E-state index contributed by atoms with van der Waals surface area (Å²) < 4.78 is 1.84. The molecule has 1 aromatic heterocycles. The molecule has 0 saturated heterocycles. The molecule has 1 aliphatic rings. The number of benzene rings is 1. The van der Waals surface area contributed by atoms with Gasteiger partial charge in [-0.15, -0.1) is 0 Å². The minimum absolute atomic E-state index is 0.415. The van der Waals surface area contributed by atoms with Gasteiger partial charge in [-0.25, -0.2) is 0 Å². The minimum Gasteiger partial charge on any atom is -0.390 e. The molecule has 0 spiro atoms. The third kappa shape index (κ3) is 2.34. The Balaban J connectivity index is 1.85. The lowest BCUT2D eigenvalue weighted by atomic mass is 9.79. The van der Waals surface area contributed by atoms with E-state index in [0.717, 1.165) is 35.9 Å². The van der Waals surface area contributed by atoms with Crippen LogP contribution in [0.1, 0.15) is 37.8 Å². The molecule has 1 heterocycles. The van der Waals surface area contributed by atoms with Crippen LogP contribution in [0.2, 0.25) is 0 Å². The van der Waals surface area contributed by atoms with Crippen molar-refractivity contribution in [3.8, 4) is 0 Å². The second kappa shape index (κ2) is 5.19. The molecule has 108 valence electrons. The lowest BCUT2D eigenvalue weighted by molar-refractivity contribution is -0.0962. The number of aryl methyl sites for hydroxylation is 1. The van der Waals surface area contributed by atoms with E-state index in [1.54, 1.807) is 0 Å². The van der Waals surface area contributed by atoms with E-state index >= 15 is 0 Å². The molecule has 20 heavy (non-hydrogen) atoms. The van der Waals surface area contributed by atoms with E-state index in [4.69, 9.17) is 0 Å². The Morgan fingerprint density at radius 2 is 1.95 bits per heavy atom. The summed E-state index contributed by atoms with van der Waals surface area (Å²) in [6, 6.07) is 8.01. The Morgan fingerprint density at radius 1 is 1.25 bits per heavy atom. The second-order valence-electron chi connectivity index (χ2n) is 5.97. The Labute approximate surface area is 119 Å². The third-order valence-electron chi connectivity index (χ3n) is 4.56. The maximum Gasteiger partial charge on any atom is 0.0909 e. The lowest BCUT2D eigenvalue weighted by Gasteiger charge is -2.36. The number of hydrogen-bond acceptors (Lipinski definition) is 3. The van der Waals surface area contributed by atoms with Crippen molar-refractivity contribution in [2.45, 2.75) is 50.2 Å². The molecule has 1 atom stereocenters. The molecular formula is C16H22N2O2. The standard InChI is InChI=1S/C16H22N2O2/c1-18-14-8-4-3-7-12(14)13(17-18)11-15(19)16(20)9-5-2-6-10-16/h3-4,7-8,15,19-20H,2,5-6,9-11H2,1H3. The Hall–Kier alpha value is -1.39. The van der Waals surface area contributed by atoms with Crippen LogP contribution in [-0.4, -0.2) is 31.7 Å². The van der Waals surface area contributed by atoms with E-state index < -0.39 is 11.7 Å². The summed E-state index contributed by atoms with van der Waals surface area (Å²) in [5.74, 6) is 0. The van der Waals surface area contributed by atoms with E-state index in [-0.39, 0.29) is 0 Å². The van der Waals surface area contributed by atoms with E-state index in [2.05, 4.69) is 5.10 Å². The fourth-order valence-corrected chi connectivity index (χ4v) is 3.31. The molecule has 0 amide bonds. The van der Waals surface area contributed by atoms with Gasteiger partial charge in [-0.2, -0.15) is 5.10 Å². The van der Waals surface area contributed by atoms with Crippen molar-refractivity contribution in [1.82, 2.24) is 9.78 Å². The van der Waals surface area contributed by atoms with Gasteiger partial charge in [0.15, 0.2) is 0 Å². The molecule has 0 bridgehead atoms. The van der Waals surface area contributed by atoms with Gasteiger partial charge in [0.05, 0.1) is 22.9 Å². The van der Waals surface area contributed by atoms with Gasteiger partial charge in [0.1, 0.15) is 0 Å². The number of para-hydroxylation sites is 1. The summed E-state index contributed by atoms with van der Waals surface area (Å²) in [7, 11) is 1.91. The first-order valence-electron chi connectivity index (χ1n) is 7.41. The number of aliphatic hydroxyl groups is 2. The molecule has 1 saturated carbocycles. The summed E-state index contributed by atoms with van der Waals surface area (Å²) in [6.07, 6.45) is 4.21. The van der Waals surface area contributed by atoms with Gasteiger partial charge in [-0.05, 0) is 18.9 Å². The number of fused-ring (bicyclic) bond motifs is 1. The second-order valence-corrected chi connectivity index (χ2v) is 5.97. The van der Waals surface area contributed by atoms with Crippen LogP contribution < -0.4 is 0 Å². The summed E-state index contributed by atoms with van der Waals surface area (Å²) in [6.45, 7) is 0. The van der Waals surface area contributed by atoms with Crippen molar-refractivity contribution >= 4 is 10.9 Å². The molecule has 0 radical (unpaired) electrons. The van der Waals surface area contributed by atoms with E-state index in [1.807, 2.05) is 36.0 Å². The van der Waals surface area contributed by atoms with Gasteiger partial charge in [0.2, 0.25) is 0 Å². The molecule has 3 rings (SSSR count). The van der Waals surface area contributed by atoms with Crippen molar-refractivity contribution in [3.05, 3.63) is 30.0 Å². The van der Waals surface area contributed by atoms with Gasteiger partial charge in [0.25, 0.3) is 0 Å². The van der Waals surface area contributed by atoms with Gasteiger partial charge < -0.3 is 10.2 Å². The summed E-state index contributed by atoms with van der Waals surface area (Å²) in [5, 5.41) is 26.6. The van der Waals surface area contributed by atoms with Crippen LogP contribution in [0.4, 0.5) is 0 Å². The minimum atomic E-state index is -0.934. The van der Waals surface area contributed by atoms with Crippen molar-refractivity contribution in [2.75, 3.05) is 0 Å². The summed E-state index contributed by atoms with van der Waals surface area (Å²) >= 11 is 0. The highest BCUT2D eigenvalue weighted by atomic mass is 16.3. The third-order valence-corrected chi connectivity index (χ3v) is 4.56. The number of aromatic nitrogens is 2. The predicted octanol–water partition coefficient (Wildman–Crippen LogP) is 2.17. The molecule has 0 aliphatic heterocycles. The van der Waals surface area contributed by atoms with Gasteiger partial charge in [-0.3, -0.25) is 4.68 Å². The molecule has 2 N–H and O–H groups in total. The van der Waals surface area contributed by atoms with Gasteiger partial charge in [-0.1, -0.05) is 37.5 Å². The largest absolute Gasteiger partial charge is 0.390 e. The zero-order valence-electron chi connectivity index (χ0n) is 11.9. The highest BCUT2D eigenvalue weighted by Gasteiger charge is 2.37. The van der Waals surface area contributed by atoms with Crippen LogP contribution in [0.25, 0.3) is 10.9 Å². The predicted molar refractivity (Wildman–Crippen MR) is 78.5 cm³/mol. The maximum absolute atomic E-state index is 10.6. The molecule has 4 heteroatoms. The van der Waals surface area contributed by atoms with Crippen molar-refractivity contribution < 1.29 is 10.2 Å². The molecule has 1 aromatic carbocycles. The van der Waals surface area contributed by atoms with Crippen LogP contribution in [0.5, 0.6) is 0 Å². The fraction of sp³-hybridized carbons (Fsp3) is 0.562. The maximum atomic E-state index is 10.6. The normalized spacial score (nSPS) is 20.1. The average Bonchev–Trinajstić information content (AvgIpc) is 2.77. The quantitative estimate of drug-likeness (QED) is 0.902. The summed E-state index contributed by atoms with van der Waals surface area (Å²) in [4.78, 5) is 0. The first-order chi connectivity index (χ1) is 9.60. The monoisotopic (exact) mass is 274 g/mol. The zero-order chi connectivity index (χ0) is 14.2. The number of nitrogens with zero attached hydrogens (tertiary/aromatic N) is 2. The lowest BCUT2D eigenvalue weighted by Crippen LogP contribution is -2.45. The molecule has 1 fully saturated rings. The fourth-order valence-electron chi connectivity index (χ4n) is 3.31. The zero-order valence-corrected chi connectivity index (χ0v) is 11.9. The van der Waals surface area contributed by atoms with E-state index in [9.17, 15) is 10.2 Å². The number of aliphatic hydroxyl groups excluding tert-OH is 1. The van der Waals surface area contributed by atoms with E-state index in [1.165, 1.54) is 0 Å². The molecular weight excluding hydrogens is 252 g/mol. The number of rotatable bonds is 3. The molecule has 1 unspecified atom stereocenters. The average molecular weight is 274 g/mol. The van der Waals surface area contributed by atoms with Gasteiger partial charge in [0, 0.05) is 18.9 Å². The van der Waals surface area contributed by atoms with Gasteiger partial charge >= 0.3 is 0 Å². The van der Waals surface area contributed by atoms with Crippen LogP contribution in [0, 0.1) is 0 Å². The molecule has 4 nitrogen and oxygen atoms in total. The molecule has 2 aromatic rings. The smallest absolute Gasteiger partial charge is 0.0909 e. The van der Waals surface area contributed by atoms with Crippen LogP contribution >= 0.6 is 0 Å².